The number of ether oxygens (including phenoxy) is 1. The molecule has 4 heteroatoms. The molecular formula is C12H13FN2O. The minimum atomic E-state index is -0.361. The second-order valence-corrected chi connectivity index (χ2v) is 3.51. The van der Waals surface area contributed by atoms with E-state index in [-0.39, 0.29) is 11.6 Å². The van der Waals surface area contributed by atoms with Gasteiger partial charge in [-0.1, -0.05) is 0 Å². The molecular weight excluding hydrogens is 207 g/mol. The Balaban J connectivity index is 2.34. The summed E-state index contributed by atoms with van der Waals surface area (Å²) in [5.41, 5.74) is 2.43. The normalized spacial score (nSPS) is 10.4. The van der Waals surface area contributed by atoms with Gasteiger partial charge in [-0.2, -0.15) is 5.10 Å². The minimum absolute atomic E-state index is 0.276. The van der Waals surface area contributed by atoms with Gasteiger partial charge in [-0.3, -0.25) is 5.10 Å². The summed E-state index contributed by atoms with van der Waals surface area (Å²) in [5, 5.41) is 6.89. The summed E-state index contributed by atoms with van der Waals surface area (Å²) in [7, 11) is 0. The van der Waals surface area contributed by atoms with Gasteiger partial charge in [0.1, 0.15) is 0 Å². The number of aromatic amines is 1. The smallest absolute Gasteiger partial charge is 0.165 e. The number of hydrogen-bond donors (Lipinski definition) is 1. The zero-order valence-corrected chi connectivity index (χ0v) is 9.25. The van der Waals surface area contributed by atoms with Crippen molar-refractivity contribution in [1.29, 1.82) is 0 Å². The Morgan fingerprint density at radius 1 is 1.38 bits per heavy atom. The first-order valence-electron chi connectivity index (χ1n) is 5.15. The summed E-state index contributed by atoms with van der Waals surface area (Å²) in [6.07, 6.45) is 0. The first-order chi connectivity index (χ1) is 7.70. The van der Waals surface area contributed by atoms with Crippen LogP contribution in [0.15, 0.2) is 24.3 Å². The van der Waals surface area contributed by atoms with Crippen LogP contribution in [0, 0.1) is 12.7 Å². The number of nitrogens with one attached hydrogen (secondary N) is 1. The third-order valence-electron chi connectivity index (χ3n) is 2.23. The molecule has 0 fully saturated rings. The van der Waals surface area contributed by atoms with Crippen LogP contribution in [0.3, 0.4) is 0 Å². The van der Waals surface area contributed by atoms with E-state index in [2.05, 4.69) is 10.2 Å². The summed E-state index contributed by atoms with van der Waals surface area (Å²) in [6, 6.07) is 6.72. The molecule has 2 rings (SSSR count). The van der Waals surface area contributed by atoms with Gasteiger partial charge in [-0.15, -0.1) is 0 Å². The van der Waals surface area contributed by atoms with Crippen LogP contribution in [0.2, 0.25) is 0 Å². The first-order valence-corrected chi connectivity index (χ1v) is 5.15. The second kappa shape index (κ2) is 4.35. The first kappa shape index (κ1) is 10.7. The Labute approximate surface area is 93.3 Å². The van der Waals surface area contributed by atoms with Gasteiger partial charge in [0.25, 0.3) is 0 Å². The summed E-state index contributed by atoms with van der Waals surface area (Å²) < 4.78 is 18.7. The van der Waals surface area contributed by atoms with Crippen molar-refractivity contribution in [3.05, 3.63) is 35.8 Å². The molecule has 84 valence electrons. The van der Waals surface area contributed by atoms with E-state index in [9.17, 15) is 4.39 Å². The molecule has 0 spiro atoms. The molecule has 2 aromatic rings. The van der Waals surface area contributed by atoms with Gasteiger partial charge >= 0.3 is 0 Å². The quantitative estimate of drug-likeness (QED) is 0.863. The molecule has 0 aliphatic rings. The van der Waals surface area contributed by atoms with E-state index in [1.54, 1.807) is 12.1 Å². The Bertz CT molecular complexity index is 494. The highest BCUT2D eigenvalue weighted by Gasteiger charge is 2.07. The number of aromatic nitrogens is 2. The van der Waals surface area contributed by atoms with E-state index < -0.39 is 0 Å². The van der Waals surface area contributed by atoms with E-state index in [0.29, 0.717) is 6.61 Å². The van der Waals surface area contributed by atoms with Crippen LogP contribution in [0.1, 0.15) is 12.6 Å². The maximum atomic E-state index is 13.6. The fraction of sp³-hybridized carbons (Fsp3) is 0.250. The lowest BCUT2D eigenvalue weighted by atomic mass is 10.1. The Hall–Kier alpha value is -1.84. The van der Waals surface area contributed by atoms with Crippen molar-refractivity contribution in [2.75, 3.05) is 6.61 Å². The highest BCUT2D eigenvalue weighted by Crippen LogP contribution is 2.24. The maximum Gasteiger partial charge on any atom is 0.165 e. The van der Waals surface area contributed by atoms with Crippen LogP contribution in [0.5, 0.6) is 5.75 Å². The molecule has 0 saturated carbocycles. The number of benzene rings is 1. The lowest BCUT2D eigenvalue weighted by molar-refractivity contribution is 0.321. The number of hydrogen-bond acceptors (Lipinski definition) is 2. The number of halogens is 1. The number of aryl methyl sites for hydroxylation is 1. The molecule has 1 N–H and O–H groups in total. The van der Waals surface area contributed by atoms with Crippen molar-refractivity contribution < 1.29 is 9.13 Å². The fourth-order valence-corrected chi connectivity index (χ4v) is 1.50. The average molecular weight is 220 g/mol. The zero-order valence-electron chi connectivity index (χ0n) is 9.25. The van der Waals surface area contributed by atoms with Gasteiger partial charge < -0.3 is 4.74 Å². The van der Waals surface area contributed by atoms with Gasteiger partial charge in [0, 0.05) is 11.3 Å². The second-order valence-electron chi connectivity index (χ2n) is 3.51. The maximum absolute atomic E-state index is 13.6. The van der Waals surface area contributed by atoms with E-state index in [1.807, 2.05) is 19.9 Å². The van der Waals surface area contributed by atoms with Crippen LogP contribution in [0.4, 0.5) is 4.39 Å². The monoisotopic (exact) mass is 220 g/mol. The summed E-state index contributed by atoms with van der Waals surface area (Å²) in [4.78, 5) is 0. The lowest BCUT2D eigenvalue weighted by Gasteiger charge is -2.05. The molecule has 3 nitrogen and oxygen atoms in total. The standard InChI is InChI=1S/C12H13FN2O/c1-3-16-12-5-4-9(7-10(12)13)11-6-8(2)14-15-11/h4-7H,3H2,1-2H3,(H,14,15). The fourth-order valence-electron chi connectivity index (χ4n) is 1.50. The van der Waals surface area contributed by atoms with Crippen molar-refractivity contribution in [2.45, 2.75) is 13.8 Å². The molecule has 0 amide bonds. The molecule has 0 aliphatic carbocycles. The zero-order chi connectivity index (χ0) is 11.5. The van der Waals surface area contributed by atoms with Gasteiger partial charge in [-0.05, 0) is 38.1 Å². The van der Waals surface area contributed by atoms with Crippen LogP contribution < -0.4 is 4.74 Å². The van der Waals surface area contributed by atoms with Crippen LogP contribution in [-0.4, -0.2) is 16.8 Å². The third-order valence-corrected chi connectivity index (χ3v) is 2.23. The number of nitrogens with zero attached hydrogens (tertiary/aromatic N) is 1. The van der Waals surface area contributed by atoms with E-state index >= 15 is 0 Å². The SMILES string of the molecule is CCOc1ccc(-c2cc(C)[nH]n2)cc1F. The van der Waals surface area contributed by atoms with E-state index in [1.165, 1.54) is 6.07 Å². The molecule has 16 heavy (non-hydrogen) atoms. The summed E-state index contributed by atoms with van der Waals surface area (Å²) in [6.45, 7) is 4.18. The van der Waals surface area contributed by atoms with Crippen molar-refractivity contribution in [1.82, 2.24) is 10.2 Å². The Morgan fingerprint density at radius 3 is 2.75 bits per heavy atom. The Morgan fingerprint density at radius 2 is 2.19 bits per heavy atom. The predicted octanol–water partition coefficient (Wildman–Crippen LogP) is 2.92. The molecule has 0 unspecified atom stereocenters. The van der Waals surface area contributed by atoms with E-state index in [4.69, 9.17) is 4.74 Å². The molecule has 1 aromatic carbocycles. The lowest BCUT2D eigenvalue weighted by Crippen LogP contribution is -1.94. The van der Waals surface area contributed by atoms with Crippen molar-refractivity contribution in [2.24, 2.45) is 0 Å². The molecule has 0 bridgehead atoms. The van der Waals surface area contributed by atoms with Gasteiger partial charge in [0.15, 0.2) is 11.6 Å². The van der Waals surface area contributed by atoms with Crippen molar-refractivity contribution in [3.63, 3.8) is 0 Å². The van der Waals surface area contributed by atoms with Gasteiger partial charge in [0.2, 0.25) is 0 Å². The van der Waals surface area contributed by atoms with Crippen molar-refractivity contribution >= 4 is 0 Å². The molecule has 0 saturated heterocycles. The van der Waals surface area contributed by atoms with Crippen LogP contribution >= 0.6 is 0 Å². The summed E-state index contributed by atoms with van der Waals surface area (Å²) in [5.74, 6) is -0.0847. The highest BCUT2D eigenvalue weighted by molar-refractivity contribution is 5.60. The highest BCUT2D eigenvalue weighted by atomic mass is 19.1. The van der Waals surface area contributed by atoms with Crippen molar-refractivity contribution in [3.8, 4) is 17.0 Å². The van der Waals surface area contributed by atoms with Gasteiger partial charge in [-0.25, -0.2) is 4.39 Å². The van der Waals surface area contributed by atoms with Crippen LogP contribution in [-0.2, 0) is 0 Å². The number of H-pyrrole nitrogens is 1. The minimum Gasteiger partial charge on any atom is -0.491 e. The topological polar surface area (TPSA) is 37.9 Å². The summed E-state index contributed by atoms with van der Waals surface area (Å²) >= 11 is 0. The molecule has 1 aromatic heterocycles. The predicted molar refractivity (Wildman–Crippen MR) is 59.9 cm³/mol. The van der Waals surface area contributed by atoms with Gasteiger partial charge in [0.05, 0.1) is 12.3 Å². The molecule has 1 heterocycles. The van der Waals surface area contributed by atoms with Crippen LogP contribution in [0.25, 0.3) is 11.3 Å². The molecule has 0 radical (unpaired) electrons. The van der Waals surface area contributed by atoms with E-state index in [0.717, 1.165) is 17.0 Å². The molecule has 0 aliphatic heterocycles. The third kappa shape index (κ3) is 2.05. The molecule has 0 atom stereocenters. The Kier molecular flexibility index (Phi) is 2.90. The average Bonchev–Trinajstić information content (AvgIpc) is 2.68. The number of rotatable bonds is 3. The largest absolute Gasteiger partial charge is 0.491 e.